The number of nitrogens with one attached hydrogen (secondary N) is 1. The predicted octanol–water partition coefficient (Wildman–Crippen LogP) is 2.88. The number of aryl methyl sites for hydroxylation is 2. The van der Waals surface area contributed by atoms with Crippen LogP contribution in [-0.4, -0.2) is 10.9 Å². The molecule has 18 heavy (non-hydrogen) atoms. The van der Waals surface area contributed by atoms with Gasteiger partial charge < -0.3 is 5.32 Å². The van der Waals surface area contributed by atoms with Crippen LogP contribution in [0.2, 0.25) is 0 Å². The van der Waals surface area contributed by atoms with E-state index in [9.17, 15) is 4.79 Å². The zero-order chi connectivity index (χ0) is 13.0. The highest BCUT2D eigenvalue weighted by Crippen LogP contribution is 2.16. The molecule has 0 atom stereocenters. The van der Waals surface area contributed by atoms with Crippen LogP contribution in [0.1, 0.15) is 16.8 Å². The minimum Gasteiger partial charge on any atom is -0.326 e. The van der Waals surface area contributed by atoms with Crippen molar-refractivity contribution in [2.24, 2.45) is 0 Å². The molecule has 1 aromatic carbocycles. The lowest BCUT2D eigenvalue weighted by atomic mass is 10.1. The van der Waals surface area contributed by atoms with Crippen molar-refractivity contribution in [3.63, 3.8) is 0 Å². The highest BCUT2D eigenvalue weighted by molar-refractivity contribution is 5.92. The zero-order valence-electron chi connectivity index (χ0n) is 10.6. The average molecular weight is 240 g/mol. The number of anilines is 1. The molecule has 0 saturated carbocycles. The van der Waals surface area contributed by atoms with Gasteiger partial charge in [0.25, 0.3) is 0 Å². The number of pyridine rings is 1. The fourth-order valence-electron chi connectivity index (χ4n) is 1.73. The normalized spacial score (nSPS) is 10.1. The van der Waals surface area contributed by atoms with Gasteiger partial charge in [-0.2, -0.15) is 0 Å². The molecule has 3 heteroatoms. The van der Waals surface area contributed by atoms with E-state index in [1.807, 2.05) is 50.2 Å². The van der Waals surface area contributed by atoms with Crippen LogP contribution in [0.25, 0.3) is 0 Å². The summed E-state index contributed by atoms with van der Waals surface area (Å²) in [6, 6.07) is 11.6. The van der Waals surface area contributed by atoms with E-state index in [1.54, 1.807) is 6.20 Å². The summed E-state index contributed by atoms with van der Waals surface area (Å²) >= 11 is 0. The van der Waals surface area contributed by atoms with E-state index >= 15 is 0 Å². The van der Waals surface area contributed by atoms with Gasteiger partial charge in [-0.15, -0.1) is 0 Å². The topological polar surface area (TPSA) is 42.0 Å². The summed E-state index contributed by atoms with van der Waals surface area (Å²) in [6.07, 6.45) is 1.99. The van der Waals surface area contributed by atoms with Gasteiger partial charge in [0.15, 0.2) is 0 Å². The highest BCUT2D eigenvalue weighted by Gasteiger charge is 2.06. The first-order chi connectivity index (χ1) is 8.65. The maximum absolute atomic E-state index is 11.9. The Morgan fingerprint density at radius 2 is 2.06 bits per heavy atom. The molecular formula is C15H16N2O. The van der Waals surface area contributed by atoms with Gasteiger partial charge in [0.05, 0.1) is 6.42 Å². The minimum absolute atomic E-state index is 0.0394. The maximum atomic E-state index is 11.9. The third kappa shape index (κ3) is 3.17. The number of hydrogen-bond donors (Lipinski definition) is 1. The van der Waals surface area contributed by atoms with Crippen molar-refractivity contribution in [1.82, 2.24) is 4.98 Å². The number of amides is 1. The van der Waals surface area contributed by atoms with E-state index in [-0.39, 0.29) is 5.91 Å². The second kappa shape index (κ2) is 5.45. The van der Waals surface area contributed by atoms with Crippen LogP contribution in [0.3, 0.4) is 0 Å². The van der Waals surface area contributed by atoms with Crippen molar-refractivity contribution in [2.45, 2.75) is 20.3 Å². The average Bonchev–Trinajstić information content (AvgIpc) is 2.35. The van der Waals surface area contributed by atoms with Gasteiger partial charge in [-0.1, -0.05) is 18.2 Å². The number of benzene rings is 1. The van der Waals surface area contributed by atoms with Gasteiger partial charge in [0.1, 0.15) is 0 Å². The van der Waals surface area contributed by atoms with Gasteiger partial charge in [-0.25, -0.2) is 0 Å². The van der Waals surface area contributed by atoms with Crippen LogP contribution in [0.15, 0.2) is 42.6 Å². The van der Waals surface area contributed by atoms with E-state index in [1.165, 1.54) is 0 Å². The smallest absolute Gasteiger partial charge is 0.230 e. The molecule has 0 saturated heterocycles. The van der Waals surface area contributed by atoms with Gasteiger partial charge in [-0.05, 0) is 43.2 Å². The second-order valence-electron chi connectivity index (χ2n) is 4.36. The number of hydrogen-bond acceptors (Lipinski definition) is 2. The Morgan fingerprint density at radius 3 is 2.78 bits per heavy atom. The molecule has 0 aliphatic rings. The van der Waals surface area contributed by atoms with Crippen LogP contribution in [0.5, 0.6) is 0 Å². The second-order valence-corrected chi connectivity index (χ2v) is 4.36. The first-order valence-electron chi connectivity index (χ1n) is 5.92. The van der Waals surface area contributed by atoms with Crippen molar-refractivity contribution in [3.8, 4) is 0 Å². The summed E-state index contributed by atoms with van der Waals surface area (Å²) in [5.74, 6) is -0.0394. The van der Waals surface area contributed by atoms with Crippen LogP contribution < -0.4 is 5.32 Å². The molecule has 0 aliphatic heterocycles. The van der Waals surface area contributed by atoms with E-state index in [4.69, 9.17) is 0 Å². The standard InChI is InChI=1S/C15H16N2O/c1-11-6-7-12(2)14(9-11)17-15(18)10-13-5-3-4-8-16-13/h3-9H,10H2,1-2H3,(H,17,18). The molecule has 0 fully saturated rings. The van der Waals surface area contributed by atoms with Crippen LogP contribution in [-0.2, 0) is 11.2 Å². The largest absolute Gasteiger partial charge is 0.326 e. The highest BCUT2D eigenvalue weighted by atomic mass is 16.1. The summed E-state index contributed by atoms with van der Waals surface area (Å²) in [5, 5.41) is 2.92. The lowest BCUT2D eigenvalue weighted by Crippen LogP contribution is -2.15. The molecule has 3 nitrogen and oxygen atoms in total. The molecule has 0 bridgehead atoms. The lowest BCUT2D eigenvalue weighted by molar-refractivity contribution is -0.115. The number of nitrogens with zero attached hydrogens (tertiary/aromatic N) is 1. The van der Waals surface area contributed by atoms with Gasteiger partial charge in [0, 0.05) is 17.6 Å². The predicted molar refractivity (Wildman–Crippen MR) is 72.5 cm³/mol. The molecule has 1 N–H and O–H groups in total. The fraction of sp³-hybridized carbons (Fsp3) is 0.200. The molecule has 1 heterocycles. The number of rotatable bonds is 3. The Hall–Kier alpha value is -2.16. The van der Waals surface area contributed by atoms with E-state index < -0.39 is 0 Å². The lowest BCUT2D eigenvalue weighted by Gasteiger charge is -2.09. The van der Waals surface area contributed by atoms with Crippen molar-refractivity contribution in [1.29, 1.82) is 0 Å². The van der Waals surface area contributed by atoms with Crippen molar-refractivity contribution in [3.05, 3.63) is 59.4 Å². The summed E-state index contributed by atoms with van der Waals surface area (Å²) in [6.45, 7) is 3.99. The summed E-state index contributed by atoms with van der Waals surface area (Å²) in [4.78, 5) is 16.0. The quantitative estimate of drug-likeness (QED) is 0.896. The number of aromatic nitrogens is 1. The molecule has 0 unspecified atom stereocenters. The summed E-state index contributed by atoms with van der Waals surface area (Å²) in [7, 11) is 0. The van der Waals surface area contributed by atoms with Crippen LogP contribution in [0, 0.1) is 13.8 Å². The summed E-state index contributed by atoms with van der Waals surface area (Å²) < 4.78 is 0. The molecule has 1 amide bonds. The minimum atomic E-state index is -0.0394. The molecule has 0 spiro atoms. The first kappa shape index (κ1) is 12.3. The maximum Gasteiger partial charge on any atom is 0.230 e. The Bertz CT molecular complexity index is 550. The van der Waals surface area contributed by atoms with Crippen molar-refractivity contribution >= 4 is 11.6 Å². The van der Waals surface area contributed by atoms with Crippen molar-refractivity contribution in [2.75, 3.05) is 5.32 Å². The fourth-order valence-corrected chi connectivity index (χ4v) is 1.73. The van der Waals surface area contributed by atoms with Gasteiger partial charge in [-0.3, -0.25) is 9.78 Å². The number of carbonyl (C=O) groups is 1. The van der Waals surface area contributed by atoms with Crippen molar-refractivity contribution < 1.29 is 4.79 Å². The Labute approximate surface area is 107 Å². The Morgan fingerprint density at radius 1 is 1.22 bits per heavy atom. The summed E-state index contributed by atoms with van der Waals surface area (Å²) in [5.41, 5.74) is 3.85. The Kier molecular flexibility index (Phi) is 3.72. The molecule has 0 aliphatic carbocycles. The molecule has 0 radical (unpaired) electrons. The van der Waals surface area contributed by atoms with Gasteiger partial charge >= 0.3 is 0 Å². The van der Waals surface area contributed by atoms with E-state index in [0.717, 1.165) is 22.5 Å². The molecule has 1 aromatic heterocycles. The van der Waals surface area contributed by atoms with E-state index in [2.05, 4.69) is 10.3 Å². The molecule has 92 valence electrons. The third-order valence-electron chi connectivity index (χ3n) is 2.73. The third-order valence-corrected chi connectivity index (χ3v) is 2.73. The first-order valence-corrected chi connectivity index (χ1v) is 5.92. The molecular weight excluding hydrogens is 224 g/mol. The van der Waals surface area contributed by atoms with Crippen LogP contribution >= 0.6 is 0 Å². The van der Waals surface area contributed by atoms with Crippen LogP contribution in [0.4, 0.5) is 5.69 Å². The monoisotopic (exact) mass is 240 g/mol. The van der Waals surface area contributed by atoms with E-state index in [0.29, 0.717) is 6.42 Å². The zero-order valence-corrected chi connectivity index (χ0v) is 10.6. The Balaban J connectivity index is 2.05. The molecule has 2 aromatic rings. The number of carbonyl (C=O) groups excluding carboxylic acids is 1. The SMILES string of the molecule is Cc1ccc(C)c(NC(=O)Cc2ccccn2)c1. The van der Waals surface area contributed by atoms with Gasteiger partial charge in [0.2, 0.25) is 5.91 Å². The molecule has 2 rings (SSSR count).